The number of amides is 2. The van der Waals surface area contributed by atoms with Gasteiger partial charge in [-0.2, -0.15) is 4.98 Å². The van der Waals surface area contributed by atoms with Crippen molar-refractivity contribution in [2.45, 2.75) is 12.5 Å². The van der Waals surface area contributed by atoms with Gasteiger partial charge in [0.05, 0.1) is 6.54 Å². The molecular formula is C15H12N4O3. The van der Waals surface area contributed by atoms with E-state index in [1.165, 1.54) is 6.21 Å². The number of carbonyl (C=O) groups excluding carboxylic acids is 2. The van der Waals surface area contributed by atoms with Crippen molar-refractivity contribution in [3.63, 3.8) is 0 Å². The number of benzene rings is 1. The Kier molecular flexibility index (Phi) is 3.86. The molecule has 0 saturated carbocycles. The van der Waals surface area contributed by atoms with Crippen LogP contribution in [0, 0.1) is 0 Å². The summed E-state index contributed by atoms with van der Waals surface area (Å²) >= 11 is 0. The zero-order valence-corrected chi connectivity index (χ0v) is 11.5. The smallest absolute Gasteiger partial charge is 0.260 e. The van der Waals surface area contributed by atoms with Crippen molar-refractivity contribution < 1.29 is 14.1 Å². The fourth-order valence-corrected chi connectivity index (χ4v) is 1.95. The van der Waals surface area contributed by atoms with Gasteiger partial charge in [0.2, 0.25) is 5.89 Å². The average molecular weight is 296 g/mol. The molecular weight excluding hydrogens is 284 g/mol. The lowest BCUT2D eigenvalue weighted by Crippen LogP contribution is -2.22. The van der Waals surface area contributed by atoms with Crippen molar-refractivity contribution in [3.8, 4) is 0 Å². The number of dihydropyridines is 1. The van der Waals surface area contributed by atoms with Crippen LogP contribution in [0.3, 0.4) is 0 Å². The minimum absolute atomic E-state index is 0.0919. The zero-order chi connectivity index (χ0) is 15.4. The van der Waals surface area contributed by atoms with Crippen LogP contribution >= 0.6 is 0 Å². The number of nitrogens with one attached hydrogen (secondary N) is 1. The van der Waals surface area contributed by atoms with Gasteiger partial charge in [0.15, 0.2) is 5.82 Å². The van der Waals surface area contributed by atoms with Crippen LogP contribution in [-0.2, 0) is 11.3 Å². The summed E-state index contributed by atoms with van der Waals surface area (Å²) in [7, 11) is 0. The molecule has 22 heavy (non-hydrogen) atoms. The number of hydrogen-bond acceptors (Lipinski definition) is 5. The van der Waals surface area contributed by atoms with Crippen LogP contribution < -0.4 is 5.32 Å². The van der Waals surface area contributed by atoms with E-state index in [4.69, 9.17) is 4.52 Å². The molecule has 0 spiro atoms. The highest BCUT2D eigenvalue weighted by atomic mass is 16.5. The Balaban J connectivity index is 1.63. The molecule has 2 amide bonds. The highest BCUT2D eigenvalue weighted by molar-refractivity contribution is 5.97. The van der Waals surface area contributed by atoms with Gasteiger partial charge in [0.25, 0.3) is 11.8 Å². The summed E-state index contributed by atoms with van der Waals surface area (Å²) in [6.45, 7) is 0.0919. The van der Waals surface area contributed by atoms with Crippen molar-refractivity contribution in [1.82, 2.24) is 15.5 Å². The molecule has 2 aromatic rings. The van der Waals surface area contributed by atoms with Crippen LogP contribution in [0.1, 0.15) is 28.0 Å². The predicted octanol–water partition coefficient (Wildman–Crippen LogP) is 1.25. The Labute approximate surface area is 125 Å². The molecule has 110 valence electrons. The first-order valence-electron chi connectivity index (χ1n) is 6.64. The van der Waals surface area contributed by atoms with Crippen LogP contribution in [-0.4, -0.2) is 28.2 Å². The summed E-state index contributed by atoms with van der Waals surface area (Å²) < 4.78 is 5.04. The van der Waals surface area contributed by atoms with E-state index in [1.807, 2.05) is 6.07 Å². The van der Waals surface area contributed by atoms with Gasteiger partial charge in [-0.25, -0.2) is 4.99 Å². The van der Waals surface area contributed by atoms with Crippen LogP contribution in [0.5, 0.6) is 0 Å². The van der Waals surface area contributed by atoms with E-state index in [0.29, 0.717) is 5.56 Å². The first kappa shape index (κ1) is 13.9. The number of nitrogens with zero attached hydrogens (tertiary/aromatic N) is 3. The third-order valence-corrected chi connectivity index (χ3v) is 3.06. The number of allylic oxidation sites excluding steroid dienone is 1. The second-order valence-corrected chi connectivity index (χ2v) is 4.57. The maximum absolute atomic E-state index is 11.9. The van der Waals surface area contributed by atoms with Crippen LogP contribution in [0.4, 0.5) is 0 Å². The van der Waals surface area contributed by atoms with E-state index in [1.54, 1.807) is 36.4 Å². The molecule has 0 aliphatic carbocycles. The second-order valence-electron chi connectivity index (χ2n) is 4.57. The quantitative estimate of drug-likeness (QED) is 0.915. The summed E-state index contributed by atoms with van der Waals surface area (Å²) in [5.41, 5.74) is 0.543. The molecule has 1 aliphatic heterocycles. The normalized spacial score (nSPS) is 16.7. The maximum Gasteiger partial charge on any atom is 0.260 e. The fourth-order valence-electron chi connectivity index (χ4n) is 1.95. The zero-order valence-electron chi connectivity index (χ0n) is 11.5. The molecule has 0 bridgehead atoms. The lowest BCUT2D eigenvalue weighted by Gasteiger charge is -2.04. The summed E-state index contributed by atoms with van der Waals surface area (Å²) in [6, 6.07) is 8.80. The standard InChI is InChI=1S/C15H12N4O3/c20-14(10-5-2-1-3-6-10)17-9-12-18-13(19-22-12)11-7-4-8-16-15(11)21/h1-8,11H,9H2,(H,17,20). The molecule has 0 fully saturated rings. The number of hydrogen-bond donors (Lipinski definition) is 1. The van der Waals surface area contributed by atoms with E-state index >= 15 is 0 Å². The summed E-state index contributed by atoms with van der Waals surface area (Å²) in [4.78, 5) is 31.3. The molecule has 1 aliphatic rings. The summed E-state index contributed by atoms with van der Waals surface area (Å²) in [6.07, 6.45) is 4.71. The Hall–Kier alpha value is -3.09. The van der Waals surface area contributed by atoms with Gasteiger partial charge < -0.3 is 9.84 Å². The van der Waals surface area contributed by atoms with Crippen LogP contribution in [0.2, 0.25) is 0 Å². The Morgan fingerprint density at radius 3 is 2.86 bits per heavy atom. The highest BCUT2D eigenvalue weighted by Gasteiger charge is 2.24. The minimum Gasteiger partial charge on any atom is -0.343 e. The van der Waals surface area contributed by atoms with Gasteiger partial charge in [0, 0.05) is 11.8 Å². The summed E-state index contributed by atoms with van der Waals surface area (Å²) in [5, 5.41) is 6.43. The van der Waals surface area contributed by atoms with Gasteiger partial charge in [0.1, 0.15) is 5.92 Å². The number of aliphatic imine (C=N–C) groups is 1. The monoisotopic (exact) mass is 296 g/mol. The van der Waals surface area contributed by atoms with Crippen molar-refractivity contribution in [3.05, 3.63) is 59.8 Å². The molecule has 0 radical (unpaired) electrons. The van der Waals surface area contributed by atoms with Gasteiger partial charge >= 0.3 is 0 Å². The fraction of sp³-hybridized carbons (Fsp3) is 0.133. The maximum atomic E-state index is 11.9. The predicted molar refractivity (Wildman–Crippen MR) is 77.3 cm³/mol. The van der Waals surface area contributed by atoms with Crippen molar-refractivity contribution in [2.24, 2.45) is 4.99 Å². The molecule has 1 atom stereocenters. The molecule has 7 heteroatoms. The molecule has 2 heterocycles. The molecule has 1 unspecified atom stereocenters. The Bertz CT molecular complexity index is 749. The second kappa shape index (κ2) is 6.13. The average Bonchev–Trinajstić information content (AvgIpc) is 3.02. The first-order chi connectivity index (χ1) is 10.7. The molecule has 7 nitrogen and oxygen atoms in total. The molecule has 0 saturated heterocycles. The third-order valence-electron chi connectivity index (χ3n) is 3.06. The van der Waals surface area contributed by atoms with Crippen molar-refractivity contribution >= 4 is 18.0 Å². The van der Waals surface area contributed by atoms with Crippen LogP contribution in [0.15, 0.2) is 52.0 Å². The lowest BCUT2D eigenvalue weighted by molar-refractivity contribution is -0.118. The van der Waals surface area contributed by atoms with E-state index in [2.05, 4.69) is 20.4 Å². The molecule has 1 aromatic carbocycles. The Morgan fingerprint density at radius 1 is 1.27 bits per heavy atom. The van der Waals surface area contributed by atoms with Gasteiger partial charge in [-0.05, 0) is 18.2 Å². The lowest BCUT2D eigenvalue weighted by atomic mass is 10.1. The third kappa shape index (κ3) is 2.98. The number of carbonyl (C=O) groups is 2. The van der Waals surface area contributed by atoms with E-state index in [-0.39, 0.29) is 30.1 Å². The van der Waals surface area contributed by atoms with Gasteiger partial charge in [-0.15, -0.1) is 0 Å². The largest absolute Gasteiger partial charge is 0.343 e. The van der Waals surface area contributed by atoms with Crippen molar-refractivity contribution in [1.29, 1.82) is 0 Å². The topological polar surface area (TPSA) is 97.5 Å². The van der Waals surface area contributed by atoms with Gasteiger partial charge in [-0.1, -0.05) is 29.4 Å². The number of aromatic nitrogens is 2. The molecule has 1 aromatic heterocycles. The SMILES string of the molecule is O=C(NCc1nc(C2C=CC=NC2=O)no1)c1ccccc1. The summed E-state index contributed by atoms with van der Waals surface area (Å²) in [5.74, 6) is -0.744. The highest BCUT2D eigenvalue weighted by Crippen LogP contribution is 2.17. The first-order valence-corrected chi connectivity index (χ1v) is 6.64. The molecule has 3 rings (SSSR count). The number of rotatable bonds is 4. The van der Waals surface area contributed by atoms with E-state index < -0.39 is 5.92 Å². The van der Waals surface area contributed by atoms with Gasteiger partial charge in [-0.3, -0.25) is 9.59 Å². The van der Waals surface area contributed by atoms with Crippen LogP contribution in [0.25, 0.3) is 0 Å². The van der Waals surface area contributed by atoms with E-state index in [9.17, 15) is 9.59 Å². The van der Waals surface area contributed by atoms with Crippen molar-refractivity contribution in [2.75, 3.05) is 0 Å². The molecule has 1 N–H and O–H groups in total. The Morgan fingerprint density at radius 2 is 2.09 bits per heavy atom. The minimum atomic E-state index is -0.632. The van der Waals surface area contributed by atoms with E-state index in [0.717, 1.165) is 0 Å².